The number of rotatable bonds is 7. The summed E-state index contributed by atoms with van der Waals surface area (Å²) in [5, 5.41) is 0.920. The maximum atomic E-state index is 11.5. The Bertz CT molecular complexity index is 1090. The number of benzene rings is 2. The molecule has 0 atom stereocenters. The Labute approximate surface area is 169 Å². The zero-order valence-electron chi connectivity index (χ0n) is 16.5. The van der Waals surface area contributed by atoms with Gasteiger partial charge in [-0.3, -0.25) is 0 Å². The van der Waals surface area contributed by atoms with Crippen LogP contribution in [0.25, 0.3) is 22.1 Å². The van der Waals surface area contributed by atoms with E-state index in [4.69, 9.17) is 13.9 Å². The first-order chi connectivity index (χ1) is 13.8. The lowest BCUT2D eigenvalue weighted by Gasteiger charge is -2.06. The van der Waals surface area contributed by atoms with Gasteiger partial charge in [-0.05, 0) is 48.7 Å². The van der Waals surface area contributed by atoms with E-state index >= 15 is 0 Å². The van der Waals surface area contributed by atoms with Gasteiger partial charge in [0.05, 0.1) is 0 Å². The van der Waals surface area contributed by atoms with Gasteiger partial charge in [-0.15, -0.1) is 0 Å². The van der Waals surface area contributed by atoms with Crippen LogP contribution < -0.4 is 0 Å². The molecule has 1 heterocycles. The fourth-order valence-electron chi connectivity index (χ4n) is 2.67. The second-order valence-electron chi connectivity index (χ2n) is 6.88. The predicted molar refractivity (Wildman–Crippen MR) is 111 cm³/mol. The second kappa shape index (κ2) is 8.61. The van der Waals surface area contributed by atoms with Crippen LogP contribution in [-0.4, -0.2) is 11.9 Å². The SMILES string of the molecule is C=C(C)C(=O)OCc1ccc(-c2ccc3oc(COC(=O)C(=C)C)cc3c2)cc1. The number of furan rings is 1. The van der Waals surface area contributed by atoms with E-state index in [1.165, 1.54) is 0 Å². The van der Waals surface area contributed by atoms with Crippen LogP contribution in [-0.2, 0) is 32.3 Å². The van der Waals surface area contributed by atoms with Gasteiger partial charge in [-0.25, -0.2) is 9.59 Å². The van der Waals surface area contributed by atoms with Crippen LogP contribution in [0.2, 0.25) is 0 Å². The number of hydrogen-bond acceptors (Lipinski definition) is 5. The molecule has 5 nitrogen and oxygen atoms in total. The minimum absolute atomic E-state index is 0.0628. The molecule has 0 aliphatic heterocycles. The highest BCUT2D eigenvalue weighted by molar-refractivity contribution is 5.87. The van der Waals surface area contributed by atoms with Gasteiger partial charge in [0, 0.05) is 16.5 Å². The van der Waals surface area contributed by atoms with Gasteiger partial charge in [-0.2, -0.15) is 0 Å². The molecule has 0 N–H and O–H groups in total. The highest BCUT2D eigenvalue weighted by Gasteiger charge is 2.10. The number of ether oxygens (including phenoxy) is 2. The normalized spacial score (nSPS) is 10.6. The van der Waals surface area contributed by atoms with Crippen molar-refractivity contribution in [3.05, 3.63) is 84.2 Å². The minimum Gasteiger partial charge on any atom is -0.457 e. The van der Waals surface area contributed by atoms with Crippen molar-refractivity contribution < 1.29 is 23.5 Å². The standard InChI is InChI=1S/C24H22O5/c1-15(2)23(25)27-13-17-5-7-18(8-6-17)19-9-10-22-20(11-19)12-21(29-22)14-28-24(26)16(3)4/h5-12H,1,3,13-14H2,2,4H3. The largest absolute Gasteiger partial charge is 0.457 e. The van der Waals surface area contributed by atoms with E-state index in [9.17, 15) is 9.59 Å². The summed E-state index contributed by atoms with van der Waals surface area (Å²) in [6.45, 7) is 10.6. The molecule has 0 saturated carbocycles. The van der Waals surface area contributed by atoms with Gasteiger partial charge in [0.1, 0.15) is 24.6 Å². The summed E-state index contributed by atoms with van der Waals surface area (Å²) in [7, 11) is 0. The molecule has 0 bridgehead atoms. The molecule has 0 amide bonds. The van der Waals surface area contributed by atoms with Gasteiger partial charge in [-0.1, -0.05) is 43.5 Å². The lowest BCUT2D eigenvalue weighted by atomic mass is 10.0. The topological polar surface area (TPSA) is 65.7 Å². The number of fused-ring (bicyclic) bond motifs is 1. The number of hydrogen-bond donors (Lipinski definition) is 0. The maximum absolute atomic E-state index is 11.5. The van der Waals surface area contributed by atoms with E-state index in [2.05, 4.69) is 13.2 Å². The number of esters is 2. The first-order valence-electron chi connectivity index (χ1n) is 9.10. The Morgan fingerprint density at radius 3 is 2.03 bits per heavy atom. The Balaban J connectivity index is 1.71. The molecule has 5 heteroatoms. The van der Waals surface area contributed by atoms with Crippen LogP contribution in [0.5, 0.6) is 0 Å². The summed E-state index contributed by atoms with van der Waals surface area (Å²) in [6.07, 6.45) is 0. The van der Waals surface area contributed by atoms with Gasteiger partial charge in [0.2, 0.25) is 0 Å². The quantitative estimate of drug-likeness (QED) is 0.402. The number of carbonyl (C=O) groups excluding carboxylic acids is 2. The summed E-state index contributed by atoms with van der Waals surface area (Å²) < 4.78 is 16.0. The minimum atomic E-state index is -0.444. The van der Waals surface area contributed by atoms with Crippen molar-refractivity contribution in [3.63, 3.8) is 0 Å². The van der Waals surface area contributed by atoms with Crippen molar-refractivity contribution in [1.29, 1.82) is 0 Å². The Kier molecular flexibility index (Phi) is 5.98. The zero-order valence-corrected chi connectivity index (χ0v) is 16.5. The van der Waals surface area contributed by atoms with Crippen molar-refractivity contribution in [2.45, 2.75) is 27.1 Å². The Morgan fingerprint density at radius 1 is 0.828 bits per heavy atom. The summed E-state index contributed by atoms with van der Waals surface area (Å²) in [6, 6.07) is 15.5. The Hall–Kier alpha value is -3.60. The molecule has 0 unspecified atom stereocenters. The molecule has 0 aliphatic carbocycles. The smallest absolute Gasteiger partial charge is 0.333 e. The summed E-state index contributed by atoms with van der Waals surface area (Å²) in [4.78, 5) is 23.0. The Morgan fingerprint density at radius 2 is 1.41 bits per heavy atom. The summed E-state index contributed by atoms with van der Waals surface area (Å²) >= 11 is 0. The molecule has 148 valence electrons. The average molecular weight is 390 g/mol. The predicted octanol–water partition coefficient (Wildman–Crippen LogP) is 5.34. The molecule has 0 radical (unpaired) electrons. The average Bonchev–Trinajstić information content (AvgIpc) is 3.12. The van der Waals surface area contributed by atoms with E-state index in [0.717, 1.165) is 27.7 Å². The van der Waals surface area contributed by atoms with Crippen LogP contribution in [0.1, 0.15) is 25.2 Å². The molecular formula is C24H22O5. The zero-order chi connectivity index (χ0) is 21.0. The van der Waals surface area contributed by atoms with Crippen LogP contribution in [0.4, 0.5) is 0 Å². The molecule has 0 fully saturated rings. The van der Waals surface area contributed by atoms with E-state index in [-0.39, 0.29) is 13.2 Å². The highest BCUT2D eigenvalue weighted by atomic mass is 16.5. The summed E-state index contributed by atoms with van der Waals surface area (Å²) in [5.41, 5.74) is 4.39. The second-order valence-corrected chi connectivity index (χ2v) is 6.88. The van der Waals surface area contributed by atoms with Crippen LogP contribution in [0.3, 0.4) is 0 Å². The number of carbonyl (C=O) groups is 2. The molecule has 29 heavy (non-hydrogen) atoms. The van der Waals surface area contributed by atoms with Crippen molar-refractivity contribution in [1.82, 2.24) is 0 Å². The van der Waals surface area contributed by atoms with Crippen LogP contribution in [0, 0.1) is 0 Å². The van der Waals surface area contributed by atoms with Crippen LogP contribution >= 0.6 is 0 Å². The first-order valence-corrected chi connectivity index (χ1v) is 9.10. The van der Waals surface area contributed by atoms with Crippen molar-refractivity contribution in [2.24, 2.45) is 0 Å². The van der Waals surface area contributed by atoms with E-state index in [1.807, 2.05) is 48.5 Å². The lowest BCUT2D eigenvalue weighted by Crippen LogP contribution is -2.04. The fourth-order valence-corrected chi connectivity index (χ4v) is 2.67. The van der Waals surface area contributed by atoms with Crippen molar-refractivity contribution in [2.75, 3.05) is 0 Å². The molecule has 3 aromatic rings. The van der Waals surface area contributed by atoms with Crippen molar-refractivity contribution in [3.8, 4) is 11.1 Å². The van der Waals surface area contributed by atoms with Crippen LogP contribution in [0.15, 0.2) is 77.3 Å². The van der Waals surface area contributed by atoms with E-state index in [0.29, 0.717) is 16.9 Å². The molecule has 1 aromatic heterocycles. The molecular weight excluding hydrogens is 368 g/mol. The highest BCUT2D eigenvalue weighted by Crippen LogP contribution is 2.27. The third kappa shape index (κ3) is 5.02. The molecule has 2 aromatic carbocycles. The van der Waals surface area contributed by atoms with Gasteiger partial charge in [0.25, 0.3) is 0 Å². The maximum Gasteiger partial charge on any atom is 0.333 e. The molecule has 0 spiro atoms. The van der Waals surface area contributed by atoms with E-state index in [1.54, 1.807) is 13.8 Å². The molecule has 0 aliphatic rings. The lowest BCUT2D eigenvalue weighted by molar-refractivity contribution is -0.141. The summed E-state index contributed by atoms with van der Waals surface area (Å²) in [5.74, 6) is -0.272. The van der Waals surface area contributed by atoms with E-state index < -0.39 is 11.9 Å². The third-order valence-electron chi connectivity index (χ3n) is 4.27. The molecule has 0 saturated heterocycles. The van der Waals surface area contributed by atoms with Gasteiger partial charge < -0.3 is 13.9 Å². The van der Waals surface area contributed by atoms with Gasteiger partial charge >= 0.3 is 11.9 Å². The monoisotopic (exact) mass is 390 g/mol. The molecule has 3 rings (SSSR count). The third-order valence-corrected chi connectivity index (χ3v) is 4.27. The fraction of sp³-hybridized carbons (Fsp3) is 0.167. The first kappa shape index (κ1) is 20.1. The van der Waals surface area contributed by atoms with Gasteiger partial charge in [0.15, 0.2) is 0 Å². The van der Waals surface area contributed by atoms with Crippen molar-refractivity contribution >= 4 is 22.9 Å².